The van der Waals surface area contributed by atoms with Gasteiger partial charge >= 0.3 is 6.18 Å². The van der Waals surface area contributed by atoms with Gasteiger partial charge in [-0.2, -0.15) is 18.3 Å². The number of carbonyl (C=O) groups is 1. The molecule has 1 N–H and O–H groups in total. The molecule has 26 heavy (non-hydrogen) atoms. The first kappa shape index (κ1) is 19.8. The molecule has 0 saturated heterocycles. The normalized spacial score (nSPS) is 12.7. The Morgan fingerprint density at radius 1 is 1.27 bits per heavy atom. The maximum Gasteiger partial charge on any atom is 0.422 e. The summed E-state index contributed by atoms with van der Waals surface area (Å²) in [6.07, 6.45) is -4.39. The lowest BCUT2D eigenvalue weighted by atomic mass is 10.1. The van der Waals surface area contributed by atoms with E-state index in [0.717, 1.165) is 11.4 Å². The lowest BCUT2D eigenvalue weighted by molar-refractivity contribution is -0.153. The van der Waals surface area contributed by atoms with Crippen LogP contribution in [0.25, 0.3) is 0 Å². The van der Waals surface area contributed by atoms with Gasteiger partial charge < -0.3 is 10.1 Å². The van der Waals surface area contributed by atoms with E-state index in [0.29, 0.717) is 18.7 Å². The quantitative estimate of drug-likeness (QED) is 0.813. The Morgan fingerprint density at radius 2 is 1.92 bits per heavy atom. The maximum atomic E-state index is 12.1. The average Bonchev–Trinajstić information content (AvgIpc) is 2.88. The van der Waals surface area contributed by atoms with Crippen LogP contribution in [0.1, 0.15) is 28.7 Å². The smallest absolute Gasteiger partial charge is 0.422 e. The Kier molecular flexibility index (Phi) is 6.28. The highest BCUT2D eigenvalue weighted by Gasteiger charge is 2.28. The van der Waals surface area contributed by atoms with Gasteiger partial charge in [0.1, 0.15) is 5.75 Å². The van der Waals surface area contributed by atoms with E-state index < -0.39 is 12.8 Å². The van der Waals surface area contributed by atoms with Gasteiger partial charge in [0, 0.05) is 24.3 Å². The summed E-state index contributed by atoms with van der Waals surface area (Å²) in [6.45, 7) is 5.70. The molecule has 0 aliphatic heterocycles. The summed E-state index contributed by atoms with van der Waals surface area (Å²) in [5.74, 6) is -0.0456. The zero-order valence-corrected chi connectivity index (χ0v) is 14.9. The topological polar surface area (TPSA) is 56.2 Å². The van der Waals surface area contributed by atoms with E-state index >= 15 is 0 Å². The summed E-state index contributed by atoms with van der Waals surface area (Å²) < 4.78 is 42.9. The molecule has 0 fully saturated rings. The number of aryl methyl sites for hydroxylation is 2. The van der Waals surface area contributed by atoms with Gasteiger partial charge in [-0.25, -0.2) is 0 Å². The third-order valence-electron chi connectivity index (χ3n) is 3.72. The number of hydrogen-bond donors (Lipinski definition) is 1. The molecule has 0 saturated carbocycles. The minimum absolute atomic E-state index is 0.0665. The third kappa shape index (κ3) is 6.09. The first-order chi connectivity index (χ1) is 12.1. The highest BCUT2D eigenvalue weighted by molar-refractivity contribution is 5.94. The van der Waals surface area contributed by atoms with Gasteiger partial charge in [-0.05, 0) is 50.1 Å². The van der Waals surface area contributed by atoms with Crippen LogP contribution in [0, 0.1) is 19.8 Å². The third-order valence-corrected chi connectivity index (χ3v) is 3.72. The average molecular weight is 369 g/mol. The first-order valence-corrected chi connectivity index (χ1v) is 8.23. The predicted molar refractivity (Wildman–Crippen MR) is 91.2 cm³/mol. The molecular formula is C18H22F3N3O2. The van der Waals surface area contributed by atoms with Crippen molar-refractivity contribution in [3.05, 3.63) is 47.3 Å². The van der Waals surface area contributed by atoms with E-state index in [1.165, 1.54) is 24.3 Å². The van der Waals surface area contributed by atoms with E-state index in [1.807, 2.05) is 31.5 Å². The van der Waals surface area contributed by atoms with Crippen molar-refractivity contribution in [2.75, 3.05) is 13.2 Å². The summed E-state index contributed by atoms with van der Waals surface area (Å²) in [6, 6.07) is 7.56. The zero-order chi connectivity index (χ0) is 19.3. The molecule has 8 heteroatoms. The van der Waals surface area contributed by atoms with E-state index in [4.69, 9.17) is 0 Å². The van der Waals surface area contributed by atoms with Crippen LogP contribution >= 0.6 is 0 Å². The second kappa shape index (κ2) is 8.25. The van der Waals surface area contributed by atoms with Crippen LogP contribution in [0.4, 0.5) is 13.2 Å². The highest BCUT2D eigenvalue weighted by atomic mass is 19.4. The van der Waals surface area contributed by atoms with Crippen molar-refractivity contribution in [3.63, 3.8) is 0 Å². The Bertz CT molecular complexity index is 739. The molecule has 1 aromatic heterocycles. The predicted octanol–water partition coefficient (Wildman–Crippen LogP) is 3.51. The number of amides is 1. The molecule has 0 aliphatic carbocycles. The largest absolute Gasteiger partial charge is 0.484 e. The standard InChI is InChI=1S/C18H22F3N3O2/c1-12(10-24-14(3)8-13(2)23-24)9-22-17(25)15-4-6-16(7-5-15)26-11-18(19,20)21/h4-8,12H,9-11H2,1-3H3,(H,22,25). The van der Waals surface area contributed by atoms with Gasteiger partial charge in [-0.3, -0.25) is 9.48 Å². The number of carbonyl (C=O) groups excluding carboxylic acids is 1. The van der Waals surface area contributed by atoms with E-state index in [1.54, 1.807) is 0 Å². The van der Waals surface area contributed by atoms with Crippen molar-refractivity contribution in [3.8, 4) is 5.75 Å². The van der Waals surface area contributed by atoms with Crippen molar-refractivity contribution in [1.82, 2.24) is 15.1 Å². The number of hydrogen-bond acceptors (Lipinski definition) is 3. The molecule has 0 aliphatic rings. The van der Waals surface area contributed by atoms with E-state index in [9.17, 15) is 18.0 Å². The van der Waals surface area contributed by atoms with E-state index in [-0.39, 0.29) is 17.6 Å². The second-order valence-corrected chi connectivity index (χ2v) is 6.35. The first-order valence-electron chi connectivity index (χ1n) is 8.23. The molecular weight excluding hydrogens is 347 g/mol. The number of benzene rings is 1. The van der Waals surface area contributed by atoms with E-state index in [2.05, 4.69) is 15.2 Å². The second-order valence-electron chi connectivity index (χ2n) is 6.35. The number of nitrogens with one attached hydrogen (secondary N) is 1. The molecule has 0 radical (unpaired) electrons. The molecule has 1 amide bonds. The molecule has 1 heterocycles. The molecule has 1 aromatic carbocycles. The lowest BCUT2D eigenvalue weighted by Crippen LogP contribution is -2.30. The van der Waals surface area contributed by atoms with Crippen molar-refractivity contribution >= 4 is 5.91 Å². The van der Waals surface area contributed by atoms with Crippen LogP contribution in [0.3, 0.4) is 0 Å². The van der Waals surface area contributed by atoms with Crippen LogP contribution in [0.2, 0.25) is 0 Å². The fourth-order valence-corrected chi connectivity index (χ4v) is 2.46. The molecule has 142 valence electrons. The summed E-state index contributed by atoms with van der Waals surface area (Å²) in [7, 11) is 0. The zero-order valence-electron chi connectivity index (χ0n) is 14.9. The number of ether oxygens (including phenoxy) is 1. The molecule has 5 nitrogen and oxygen atoms in total. The SMILES string of the molecule is Cc1cc(C)n(CC(C)CNC(=O)c2ccc(OCC(F)(F)F)cc2)n1. The number of aromatic nitrogens is 2. The van der Waals surface area contributed by atoms with Crippen molar-refractivity contribution < 1.29 is 22.7 Å². The molecule has 0 bridgehead atoms. The number of halogens is 3. The monoisotopic (exact) mass is 369 g/mol. The van der Waals surface area contributed by atoms with Crippen molar-refractivity contribution in [2.45, 2.75) is 33.5 Å². The number of alkyl halides is 3. The lowest BCUT2D eigenvalue weighted by Gasteiger charge is -2.14. The summed E-state index contributed by atoms with van der Waals surface area (Å²) in [5, 5.41) is 7.21. The molecule has 1 unspecified atom stereocenters. The number of nitrogens with zero attached hydrogens (tertiary/aromatic N) is 2. The molecule has 1 atom stereocenters. The van der Waals surface area contributed by atoms with Crippen LogP contribution in [-0.4, -0.2) is 35.0 Å². The van der Waals surface area contributed by atoms with Gasteiger partial charge in [0.2, 0.25) is 0 Å². The van der Waals surface area contributed by atoms with Crippen molar-refractivity contribution in [1.29, 1.82) is 0 Å². The van der Waals surface area contributed by atoms with Gasteiger partial charge in [-0.1, -0.05) is 6.92 Å². The van der Waals surface area contributed by atoms with Gasteiger partial charge in [-0.15, -0.1) is 0 Å². The van der Waals surface area contributed by atoms with Gasteiger partial charge in [0.25, 0.3) is 5.91 Å². The van der Waals surface area contributed by atoms with Gasteiger partial charge in [0.05, 0.1) is 5.69 Å². The maximum absolute atomic E-state index is 12.1. The Hall–Kier alpha value is -2.51. The minimum Gasteiger partial charge on any atom is -0.484 e. The van der Waals surface area contributed by atoms with Crippen molar-refractivity contribution in [2.24, 2.45) is 5.92 Å². The fraction of sp³-hybridized carbons (Fsp3) is 0.444. The summed E-state index contributed by atoms with van der Waals surface area (Å²) in [4.78, 5) is 12.1. The van der Waals surface area contributed by atoms with Crippen LogP contribution < -0.4 is 10.1 Å². The molecule has 2 rings (SSSR count). The molecule has 2 aromatic rings. The fourth-order valence-electron chi connectivity index (χ4n) is 2.46. The Balaban J connectivity index is 1.82. The molecule has 0 spiro atoms. The number of rotatable bonds is 7. The Labute approximate surface area is 150 Å². The van der Waals surface area contributed by atoms with Crippen LogP contribution in [0.5, 0.6) is 5.75 Å². The van der Waals surface area contributed by atoms with Crippen LogP contribution in [0.15, 0.2) is 30.3 Å². The summed E-state index contributed by atoms with van der Waals surface area (Å²) >= 11 is 0. The van der Waals surface area contributed by atoms with Crippen LogP contribution in [-0.2, 0) is 6.54 Å². The minimum atomic E-state index is -4.39. The van der Waals surface area contributed by atoms with Gasteiger partial charge in [0.15, 0.2) is 6.61 Å². The summed E-state index contributed by atoms with van der Waals surface area (Å²) in [5.41, 5.74) is 2.38. The highest BCUT2D eigenvalue weighted by Crippen LogP contribution is 2.18. The Morgan fingerprint density at radius 3 is 2.46 bits per heavy atom.